The standard InChI is InChI=1S/C22H35N5O3/c1-25(2)21(28)17-24-22(23-16-19-8-14-29-18-19)27-11-9-26(10-12-27)13-15-30-20-6-4-3-5-7-20/h3-7,19H,8-18H2,1-2H3,(H,23,24). The monoisotopic (exact) mass is 417 g/mol. The largest absolute Gasteiger partial charge is 0.492 e. The van der Waals surface area contributed by atoms with Crippen molar-refractivity contribution in [3.63, 3.8) is 0 Å². The van der Waals surface area contributed by atoms with E-state index in [1.165, 1.54) is 0 Å². The normalized spacial score (nSPS) is 20.3. The third-order valence-corrected chi connectivity index (χ3v) is 5.53. The topological polar surface area (TPSA) is 69.6 Å². The molecule has 1 N–H and O–H groups in total. The van der Waals surface area contributed by atoms with E-state index in [0.29, 0.717) is 12.5 Å². The van der Waals surface area contributed by atoms with E-state index in [1.807, 2.05) is 30.3 Å². The number of carbonyl (C=O) groups is 1. The van der Waals surface area contributed by atoms with Gasteiger partial charge in [0.25, 0.3) is 0 Å². The number of aliphatic imine (C=N–C) groups is 1. The Balaban J connectivity index is 1.46. The van der Waals surface area contributed by atoms with Crippen molar-refractivity contribution < 1.29 is 14.3 Å². The van der Waals surface area contributed by atoms with Crippen molar-refractivity contribution in [2.24, 2.45) is 10.9 Å². The molecule has 2 fully saturated rings. The number of rotatable bonds is 8. The van der Waals surface area contributed by atoms with E-state index in [-0.39, 0.29) is 12.5 Å². The molecule has 2 aliphatic rings. The summed E-state index contributed by atoms with van der Waals surface area (Å²) in [5.74, 6) is 2.26. The van der Waals surface area contributed by atoms with Gasteiger partial charge in [0.2, 0.25) is 5.91 Å². The summed E-state index contributed by atoms with van der Waals surface area (Å²) in [7, 11) is 3.52. The smallest absolute Gasteiger partial charge is 0.243 e. The van der Waals surface area contributed by atoms with E-state index in [2.05, 4.69) is 20.1 Å². The zero-order chi connectivity index (χ0) is 21.2. The van der Waals surface area contributed by atoms with Gasteiger partial charge >= 0.3 is 0 Å². The average molecular weight is 418 g/mol. The molecule has 0 saturated carbocycles. The highest BCUT2D eigenvalue weighted by Crippen LogP contribution is 2.12. The average Bonchev–Trinajstić information content (AvgIpc) is 3.28. The lowest BCUT2D eigenvalue weighted by molar-refractivity contribution is -0.127. The maximum absolute atomic E-state index is 12.0. The number of nitrogens with zero attached hydrogens (tertiary/aromatic N) is 4. The number of likely N-dealkylation sites (N-methyl/N-ethyl adjacent to an activating group) is 1. The van der Waals surface area contributed by atoms with Crippen LogP contribution in [0.4, 0.5) is 0 Å². The van der Waals surface area contributed by atoms with Crippen molar-refractivity contribution in [1.82, 2.24) is 20.0 Å². The fourth-order valence-corrected chi connectivity index (χ4v) is 3.52. The summed E-state index contributed by atoms with van der Waals surface area (Å²) in [5, 5.41) is 3.49. The summed E-state index contributed by atoms with van der Waals surface area (Å²) in [6, 6.07) is 9.93. The van der Waals surface area contributed by atoms with Crippen LogP contribution in [0.15, 0.2) is 35.3 Å². The van der Waals surface area contributed by atoms with Gasteiger partial charge in [-0.3, -0.25) is 9.69 Å². The van der Waals surface area contributed by atoms with Crippen molar-refractivity contribution >= 4 is 11.9 Å². The van der Waals surface area contributed by atoms with E-state index in [0.717, 1.165) is 70.6 Å². The first-order valence-corrected chi connectivity index (χ1v) is 10.8. The molecule has 0 aliphatic carbocycles. The second-order valence-electron chi connectivity index (χ2n) is 8.03. The third-order valence-electron chi connectivity index (χ3n) is 5.53. The van der Waals surface area contributed by atoms with Crippen LogP contribution in [-0.2, 0) is 9.53 Å². The molecule has 1 unspecified atom stereocenters. The SMILES string of the molecule is CN(C)C(=O)CN=C(NCC1CCOC1)N1CCN(CCOc2ccccc2)CC1. The van der Waals surface area contributed by atoms with E-state index >= 15 is 0 Å². The molecule has 1 amide bonds. The molecule has 0 aromatic heterocycles. The van der Waals surface area contributed by atoms with Crippen molar-refractivity contribution in [3.8, 4) is 5.75 Å². The van der Waals surface area contributed by atoms with Gasteiger partial charge in [-0.25, -0.2) is 4.99 Å². The molecule has 1 aromatic carbocycles. The molecule has 30 heavy (non-hydrogen) atoms. The molecule has 1 atom stereocenters. The van der Waals surface area contributed by atoms with Crippen LogP contribution in [-0.4, -0.2) is 106 Å². The zero-order valence-corrected chi connectivity index (χ0v) is 18.3. The number of guanidine groups is 1. The summed E-state index contributed by atoms with van der Waals surface area (Å²) in [5.41, 5.74) is 0. The van der Waals surface area contributed by atoms with Gasteiger partial charge in [-0.05, 0) is 18.6 Å². The maximum atomic E-state index is 12.0. The van der Waals surface area contributed by atoms with Crippen molar-refractivity contribution in [3.05, 3.63) is 30.3 Å². The molecule has 1 aromatic rings. The Morgan fingerprint density at radius 3 is 2.67 bits per heavy atom. The van der Waals surface area contributed by atoms with Gasteiger partial charge in [-0.2, -0.15) is 0 Å². The van der Waals surface area contributed by atoms with Gasteiger partial charge < -0.3 is 24.6 Å². The molecule has 2 heterocycles. The molecular weight excluding hydrogens is 382 g/mol. The Morgan fingerprint density at radius 2 is 2.00 bits per heavy atom. The van der Waals surface area contributed by atoms with Gasteiger partial charge in [0.05, 0.1) is 6.61 Å². The van der Waals surface area contributed by atoms with Crippen LogP contribution in [0.25, 0.3) is 0 Å². The number of piperazine rings is 1. The molecule has 8 nitrogen and oxygen atoms in total. The molecule has 0 bridgehead atoms. The molecule has 0 spiro atoms. The first-order valence-electron chi connectivity index (χ1n) is 10.8. The van der Waals surface area contributed by atoms with Gasteiger partial charge in [0.15, 0.2) is 5.96 Å². The fraction of sp³-hybridized carbons (Fsp3) is 0.636. The van der Waals surface area contributed by atoms with Crippen LogP contribution in [0.1, 0.15) is 6.42 Å². The molecule has 3 rings (SSSR count). The number of carbonyl (C=O) groups excluding carboxylic acids is 1. The van der Waals surface area contributed by atoms with Gasteiger partial charge in [-0.15, -0.1) is 0 Å². The zero-order valence-electron chi connectivity index (χ0n) is 18.3. The van der Waals surface area contributed by atoms with Crippen molar-refractivity contribution in [2.45, 2.75) is 6.42 Å². The molecule has 166 valence electrons. The first kappa shape index (κ1) is 22.4. The van der Waals surface area contributed by atoms with Crippen molar-refractivity contribution in [2.75, 3.05) is 79.7 Å². The predicted molar refractivity (Wildman–Crippen MR) is 118 cm³/mol. The molecular formula is C22H35N5O3. The highest BCUT2D eigenvalue weighted by Gasteiger charge is 2.22. The van der Waals surface area contributed by atoms with Gasteiger partial charge in [0, 0.05) is 65.9 Å². The van der Waals surface area contributed by atoms with Crippen LogP contribution in [0.3, 0.4) is 0 Å². The molecule has 0 radical (unpaired) electrons. The number of hydrogen-bond donors (Lipinski definition) is 1. The van der Waals surface area contributed by atoms with E-state index in [1.54, 1.807) is 19.0 Å². The van der Waals surface area contributed by atoms with Crippen LogP contribution in [0.2, 0.25) is 0 Å². The Kier molecular flexibility index (Phi) is 8.77. The second-order valence-corrected chi connectivity index (χ2v) is 8.03. The van der Waals surface area contributed by atoms with E-state index < -0.39 is 0 Å². The quantitative estimate of drug-likeness (QED) is 0.497. The maximum Gasteiger partial charge on any atom is 0.243 e. The molecule has 8 heteroatoms. The lowest BCUT2D eigenvalue weighted by Crippen LogP contribution is -2.53. The van der Waals surface area contributed by atoms with Gasteiger partial charge in [0.1, 0.15) is 18.9 Å². The van der Waals surface area contributed by atoms with E-state index in [4.69, 9.17) is 9.47 Å². The minimum absolute atomic E-state index is 0.00944. The lowest BCUT2D eigenvalue weighted by Gasteiger charge is -2.36. The highest BCUT2D eigenvalue weighted by atomic mass is 16.5. The van der Waals surface area contributed by atoms with Crippen LogP contribution in [0, 0.1) is 5.92 Å². The van der Waals surface area contributed by atoms with Crippen LogP contribution < -0.4 is 10.1 Å². The highest BCUT2D eigenvalue weighted by molar-refractivity contribution is 5.85. The Hall–Kier alpha value is -2.32. The number of hydrogen-bond acceptors (Lipinski definition) is 5. The Morgan fingerprint density at radius 1 is 1.23 bits per heavy atom. The first-order chi connectivity index (χ1) is 14.6. The summed E-state index contributed by atoms with van der Waals surface area (Å²) in [6.07, 6.45) is 1.08. The third kappa shape index (κ3) is 7.18. The van der Waals surface area contributed by atoms with Crippen molar-refractivity contribution in [1.29, 1.82) is 0 Å². The number of ether oxygens (including phenoxy) is 2. The summed E-state index contributed by atoms with van der Waals surface area (Å²) >= 11 is 0. The number of amides is 1. The van der Waals surface area contributed by atoms with Gasteiger partial charge in [-0.1, -0.05) is 18.2 Å². The Labute approximate surface area is 179 Å². The number of nitrogens with one attached hydrogen (secondary N) is 1. The minimum Gasteiger partial charge on any atom is -0.492 e. The summed E-state index contributed by atoms with van der Waals surface area (Å²) in [6.45, 7) is 7.89. The molecule has 2 saturated heterocycles. The fourth-order valence-electron chi connectivity index (χ4n) is 3.52. The predicted octanol–water partition coefficient (Wildman–Crippen LogP) is 0.753. The second kappa shape index (κ2) is 11.8. The van der Waals surface area contributed by atoms with E-state index in [9.17, 15) is 4.79 Å². The lowest BCUT2D eigenvalue weighted by atomic mass is 10.1. The number of benzene rings is 1. The van der Waals surface area contributed by atoms with Crippen LogP contribution in [0.5, 0.6) is 5.75 Å². The number of para-hydroxylation sites is 1. The summed E-state index contributed by atoms with van der Waals surface area (Å²) in [4.78, 5) is 22.9. The molecule has 2 aliphatic heterocycles. The Bertz CT molecular complexity index is 669. The minimum atomic E-state index is 0.00944. The van der Waals surface area contributed by atoms with Crippen LogP contribution >= 0.6 is 0 Å². The summed E-state index contributed by atoms with van der Waals surface area (Å²) < 4.78 is 11.3.